The van der Waals surface area contributed by atoms with Gasteiger partial charge in [0, 0.05) is 43.5 Å². The Morgan fingerprint density at radius 3 is 2.53 bits per heavy atom. The summed E-state index contributed by atoms with van der Waals surface area (Å²) in [7, 11) is 0. The molecule has 5 nitrogen and oxygen atoms in total. The van der Waals surface area contributed by atoms with Crippen molar-refractivity contribution in [3.05, 3.63) is 63.6 Å². The Balaban J connectivity index is 1.56. The van der Waals surface area contributed by atoms with Gasteiger partial charge in [0.25, 0.3) is 11.5 Å². The summed E-state index contributed by atoms with van der Waals surface area (Å²) in [6, 6.07) is 3.20. The van der Waals surface area contributed by atoms with Crippen molar-refractivity contribution in [2.75, 3.05) is 5.32 Å². The number of fused-ring (bicyclic) bond motifs is 1. The van der Waals surface area contributed by atoms with E-state index in [1.165, 1.54) is 18.5 Å². The summed E-state index contributed by atoms with van der Waals surface area (Å²) in [6.07, 6.45) is 3.84. The number of halogens is 4. The summed E-state index contributed by atoms with van der Waals surface area (Å²) < 4.78 is 58.0. The van der Waals surface area contributed by atoms with E-state index in [0.717, 1.165) is 6.07 Å². The van der Waals surface area contributed by atoms with Gasteiger partial charge in [-0.25, -0.2) is 27.5 Å². The number of nitrogens with one attached hydrogen (secondary N) is 1. The summed E-state index contributed by atoms with van der Waals surface area (Å²) in [5.74, 6) is -3.95. The van der Waals surface area contributed by atoms with Gasteiger partial charge in [0.15, 0.2) is 0 Å². The van der Waals surface area contributed by atoms with Crippen molar-refractivity contribution in [3.8, 4) is 0 Å². The van der Waals surface area contributed by atoms with Crippen LogP contribution in [0, 0.1) is 12.7 Å². The molecule has 3 fully saturated rings. The number of benzene rings is 1. The van der Waals surface area contributed by atoms with Crippen LogP contribution in [0.15, 0.2) is 35.5 Å². The fourth-order valence-corrected chi connectivity index (χ4v) is 5.13. The van der Waals surface area contributed by atoms with Crippen molar-refractivity contribution in [1.82, 2.24) is 14.5 Å². The van der Waals surface area contributed by atoms with E-state index in [0.29, 0.717) is 48.5 Å². The number of rotatable bonds is 5. The van der Waals surface area contributed by atoms with Crippen LogP contribution in [0.2, 0.25) is 0 Å². The molecule has 3 saturated carbocycles. The van der Waals surface area contributed by atoms with Gasteiger partial charge in [-0.2, -0.15) is 0 Å². The Labute approximate surface area is 181 Å². The molecule has 168 valence electrons. The monoisotopic (exact) mass is 446 g/mol. The zero-order valence-corrected chi connectivity index (χ0v) is 17.8. The van der Waals surface area contributed by atoms with E-state index in [2.05, 4.69) is 15.3 Å². The Morgan fingerprint density at radius 2 is 1.91 bits per heavy atom. The second-order valence-corrected chi connectivity index (χ2v) is 9.28. The third kappa shape index (κ3) is 2.93. The molecule has 0 aliphatic heterocycles. The number of pyridine rings is 1. The molecule has 6 rings (SSSR count). The van der Waals surface area contributed by atoms with Crippen LogP contribution in [0.5, 0.6) is 0 Å². The van der Waals surface area contributed by atoms with E-state index in [-0.39, 0.29) is 11.1 Å². The van der Waals surface area contributed by atoms with E-state index in [1.54, 1.807) is 24.6 Å². The highest BCUT2D eigenvalue weighted by molar-refractivity contribution is 5.90. The fraction of sp³-hybridized carbons (Fsp3) is 0.435. The lowest BCUT2D eigenvalue weighted by Gasteiger charge is -2.66. The molecule has 1 atom stereocenters. The number of alkyl halides is 3. The fourth-order valence-electron chi connectivity index (χ4n) is 5.13. The van der Waals surface area contributed by atoms with Crippen molar-refractivity contribution < 1.29 is 17.6 Å². The van der Waals surface area contributed by atoms with Gasteiger partial charge in [-0.1, -0.05) is 18.2 Å². The molecule has 2 bridgehead atoms. The Bertz CT molecular complexity index is 1290. The Morgan fingerprint density at radius 1 is 1.22 bits per heavy atom. The van der Waals surface area contributed by atoms with E-state index < -0.39 is 34.6 Å². The summed E-state index contributed by atoms with van der Waals surface area (Å²) in [4.78, 5) is 21.4. The highest BCUT2D eigenvalue weighted by Gasteiger charge is 2.70. The first-order valence-corrected chi connectivity index (χ1v) is 10.4. The minimum absolute atomic E-state index is 0.0691. The number of aromatic nitrogens is 3. The molecular weight excluding hydrogens is 424 g/mol. The average Bonchev–Trinajstić information content (AvgIpc) is 2.67. The van der Waals surface area contributed by atoms with Crippen molar-refractivity contribution in [1.29, 1.82) is 0 Å². The van der Waals surface area contributed by atoms with Gasteiger partial charge in [-0.05, 0) is 13.8 Å². The molecule has 3 aliphatic rings. The van der Waals surface area contributed by atoms with Crippen LogP contribution in [0.25, 0.3) is 10.9 Å². The predicted octanol–water partition coefficient (Wildman–Crippen LogP) is 5.12. The molecular formula is C23H22F4N4O. The normalized spacial score (nSPS) is 25.2. The van der Waals surface area contributed by atoms with Gasteiger partial charge in [-0.3, -0.25) is 4.79 Å². The van der Waals surface area contributed by atoms with Crippen molar-refractivity contribution >= 4 is 16.7 Å². The summed E-state index contributed by atoms with van der Waals surface area (Å²) in [5, 5.41) is 3.61. The van der Waals surface area contributed by atoms with E-state index in [4.69, 9.17) is 0 Å². The maximum absolute atomic E-state index is 14.8. The lowest BCUT2D eigenvalue weighted by molar-refractivity contribution is -0.199. The Hall–Kier alpha value is -2.97. The standard InChI is InChI=1S/C23H22F4N4O/c1-12-18-15(7-31(20(12)32)23-8-22(27,9-23)10-23)19(29-11-28-18)30-13(2)14-5-4-6-16(17(14)24)21(3,25)26/h4-7,11,13H,8-10H2,1-3H3,(H,28,29,30)/t13-,22?,23?/m0/s1. The average molecular weight is 446 g/mol. The minimum atomic E-state index is -3.31. The van der Waals surface area contributed by atoms with E-state index in [9.17, 15) is 22.4 Å². The third-order valence-electron chi connectivity index (χ3n) is 6.81. The topological polar surface area (TPSA) is 59.8 Å². The van der Waals surface area contributed by atoms with Crippen LogP contribution >= 0.6 is 0 Å². The molecule has 0 saturated heterocycles. The van der Waals surface area contributed by atoms with Crippen LogP contribution in [0.1, 0.15) is 55.8 Å². The molecule has 32 heavy (non-hydrogen) atoms. The highest BCUT2D eigenvalue weighted by atomic mass is 19.3. The molecule has 0 amide bonds. The molecule has 9 heteroatoms. The summed E-state index contributed by atoms with van der Waals surface area (Å²) >= 11 is 0. The van der Waals surface area contributed by atoms with Crippen LogP contribution in [0.3, 0.4) is 0 Å². The molecule has 2 heterocycles. The maximum atomic E-state index is 14.8. The molecule has 2 aromatic heterocycles. The third-order valence-corrected chi connectivity index (χ3v) is 6.81. The van der Waals surface area contributed by atoms with Gasteiger partial charge >= 0.3 is 0 Å². The number of hydrogen-bond acceptors (Lipinski definition) is 4. The SMILES string of the molecule is Cc1c(=O)n(C23CC(F)(C2)C3)cc2c(N[C@@H](C)c3cccc(C(C)(F)F)c3F)ncnc12. The Kier molecular flexibility index (Phi) is 4.26. The molecule has 0 unspecified atom stereocenters. The molecule has 3 aliphatic carbocycles. The van der Waals surface area contributed by atoms with Crippen LogP contribution in [0.4, 0.5) is 23.4 Å². The number of nitrogens with zero attached hydrogens (tertiary/aromatic N) is 3. The molecule has 3 aromatic rings. The van der Waals surface area contributed by atoms with Gasteiger partial charge in [0.05, 0.1) is 28.0 Å². The summed E-state index contributed by atoms with van der Waals surface area (Å²) in [6.45, 7) is 3.95. The van der Waals surface area contributed by atoms with Crippen molar-refractivity contribution in [2.45, 2.75) is 63.2 Å². The quantitative estimate of drug-likeness (QED) is 0.553. The van der Waals surface area contributed by atoms with Gasteiger partial charge < -0.3 is 9.88 Å². The first-order chi connectivity index (χ1) is 14.9. The van der Waals surface area contributed by atoms with Crippen LogP contribution < -0.4 is 10.9 Å². The van der Waals surface area contributed by atoms with Crippen molar-refractivity contribution in [3.63, 3.8) is 0 Å². The maximum Gasteiger partial charge on any atom is 0.273 e. The van der Waals surface area contributed by atoms with Gasteiger partial charge in [0.2, 0.25) is 0 Å². The lowest BCUT2D eigenvalue weighted by Crippen LogP contribution is -2.71. The van der Waals surface area contributed by atoms with Crippen LogP contribution in [-0.4, -0.2) is 20.2 Å². The number of anilines is 1. The highest BCUT2D eigenvalue weighted by Crippen LogP contribution is 2.67. The first-order valence-electron chi connectivity index (χ1n) is 10.4. The van der Waals surface area contributed by atoms with Crippen LogP contribution in [-0.2, 0) is 11.5 Å². The van der Waals surface area contributed by atoms with E-state index in [1.807, 2.05) is 0 Å². The smallest absolute Gasteiger partial charge is 0.273 e. The lowest BCUT2D eigenvalue weighted by atomic mass is 9.47. The molecule has 1 N–H and O–H groups in total. The summed E-state index contributed by atoms with van der Waals surface area (Å²) in [5.41, 5.74) is -1.67. The van der Waals surface area contributed by atoms with Crippen molar-refractivity contribution in [2.24, 2.45) is 0 Å². The molecule has 0 radical (unpaired) electrons. The number of aryl methyl sites for hydroxylation is 1. The molecule has 1 aromatic carbocycles. The second-order valence-electron chi connectivity index (χ2n) is 9.28. The van der Waals surface area contributed by atoms with Gasteiger partial charge in [0.1, 0.15) is 23.6 Å². The minimum Gasteiger partial charge on any atom is -0.363 e. The zero-order valence-electron chi connectivity index (χ0n) is 17.8. The number of hydrogen-bond donors (Lipinski definition) is 1. The predicted molar refractivity (Wildman–Crippen MR) is 112 cm³/mol. The zero-order chi connectivity index (χ0) is 23.1. The van der Waals surface area contributed by atoms with E-state index >= 15 is 0 Å². The van der Waals surface area contributed by atoms with Gasteiger partial charge in [-0.15, -0.1) is 0 Å². The first kappa shape index (κ1) is 20.9. The largest absolute Gasteiger partial charge is 0.363 e. The second kappa shape index (κ2) is 6.52. The molecule has 0 spiro atoms.